The van der Waals surface area contributed by atoms with Crippen molar-refractivity contribution in [2.24, 2.45) is 0 Å². The number of anilines is 1. The van der Waals surface area contributed by atoms with Crippen LogP contribution in [0.4, 0.5) is 20.6 Å². The molecule has 0 spiro atoms. The van der Waals surface area contributed by atoms with E-state index in [1.54, 1.807) is 24.3 Å². The smallest absolute Gasteiger partial charge is 0.410 e. The molecule has 2 rings (SSSR count). The summed E-state index contributed by atoms with van der Waals surface area (Å²) in [5.74, 6) is -0.474. The summed E-state index contributed by atoms with van der Waals surface area (Å²) in [5, 5.41) is 13.1. The molecular formula is C14H11FN2O4S. The van der Waals surface area contributed by atoms with Crippen molar-refractivity contribution in [1.29, 1.82) is 0 Å². The van der Waals surface area contributed by atoms with Crippen LogP contribution in [0.1, 0.15) is 0 Å². The second-order valence-corrected chi connectivity index (χ2v) is 4.99. The maximum Gasteiger partial charge on any atom is 0.417 e. The van der Waals surface area contributed by atoms with Gasteiger partial charge in [0, 0.05) is 4.90 Å². The van der Waals surface area contributed by atoms with Crippen LogP contribution in [0.3, 0.4) is 0 Å². The zero-order valence-electron chi connectivity index (χ0n) is 11.4. The summed E-state index contributed by atoms with van der Waals surface area (Å²) < 4.78 is 18.0. The molecule has 0 bridgehead atoms. The van der Waals surface area contributed by atoms with Crippen LogP contribution >= 0.6 is 11.8 Å². The molecular weight excluding hydrogens is 311 g/mol. The van der Waals surface area contributed by atoms with Crippen LogP contribution in [0.25, 0.3) is 0 Å². The number of hydrogen-bond donors (Lipinski definition) is 1. The number of ether oxygens (including phenoxy) is 1. The summed E-state index contributed by atoms with van der Waals surface area (Å²) in [6.07, 6.45) is 1.02. The molecule has 22 heavy (non-hydrogen) atoms. The molecule has 0 unspecified atom stereocenters. The number of carbonyl (C=O) groups is 1. The molecule has 2 aromatic carbocycles. The standard InChI is InChI=1S/C14H11FN2O4S/c1-22-11-5-3-10(4-6-11)21-14(18)16-12-7-2-9(15)8-13(12)17(19)20/h2-8H,1H3,(H,16,18). The molecule has 0 heterocycles. The van der Waals surface area contributed by atoms with Crippen LogP contribution in [0, 0.1) is 15.9 Å². The van der Waals surface area contributed by atoms with Gasteiger partial charge in [0.2, 0.25) is 0 Å². The summed E-state index contributed by atoms with van der Waals surface area (Å²) in [6.45, 7) is 0. The van der Waals surface area contributed by atoms with Gasteiger partial charge in [-0.1, -0.05) is 0 Å². The Morgan fingerprint density at radius 3 is 2.55 bits per heavy atom. The van der Waals surface area contributed by atoms with E-state index in [0.29, 0.717) is 5.75 Å². The number of nitrogens with one attached hydrogen (secondary N) is 1. The van der Waals surface area contributed by atoms with Crippen molar-refractivity contribution in [3.8, 4) is 5.75 Å². The van der Waals surface area contributed by atoms with Gasteiger partial charge in [0.25, 0.3) is 5.69 Å². The van der Waals surface area contributed by atoms with E-state index < -0.39 is 22.5 Å². The Kier molecular flexibility index (Phi) is 4.95. The molecule has 0 saturated heterocycles. The SMILES string of the molecule is CSc1ccc(OC(=O)Nc2ccc(F)cc2[N+](=O)[O-])cc1. The predicted molar refractivity (Wildman–Crippen MR) is 80.9 cm³/mol. The minimum absolute atomic E-state index is 0.142. The molecule has 0 aliphatic carbocycles. The summed E-state index contributed by atoms with van der Waals surface area (Å²) in [6, 6.07) is 9.58. The van der Waals surface area contributed by atoms with Crippen molar-refractivity contribution in [3.05, 3.63) is 58.4 Å². The molecule has 0 radical (unpaired) electrons. The van der Waals surface area contributed by atoms with Crippen LogP contribution in [0.2, 0.25) is 0 Å². The Morgan fingerprint density at radius 1 is 1.27 bits per heavy atom. The van der Waals surface area contributed by atoms with E-state index >= 15 is 0 Å². The van der Waals surface area contributed by atoms with Crippen molar-refractivity contribution < 1.29 is 18.8 Å². The van der Waals surface area contributed by atoms with E-state index in [9.17, 15) is 19.3 Å². The van der Waals surface area contributed by atoms with Gasteiger partial charge in [-0.3, -0.25) is 15.4 Å². The van der Waals surface area contributed by atoms with Gasteiger partial charge in [-0.15, -0.1) is 11.8 Å². The third-order valence-electron chi connectivity index (χ3n) is 2.66. The van der Waals surface area contributed by atoms with Crippen molar-refractivity contribution in [2.75, 3.05) is 11.6 Å². The molecule has 0 aromatic heterocycles. The highest BCUT2D eigenvalue weighted by Gasteiger charge is 2.17. The Balaban J connectivity index is 2.10. The topological polar surface area (TPSA) is 81.5 Å². The maximum atomic E-state index is 13.0. The molecule has 0 aliphatic rings. The lowest BCUT2D eigenvalue weighted by Crippen LogP contribution is -2.17. The van der Waals surface area contributed by atoms with Gasteiger partial charge in [0.15, 0.2) is 0 Å². The maximum absolute atomic E-state index is 13.0. The number of rotatable bonds is 4. The number of halogens is 1. The van der Waals surface area contributed by atoms with E-state index in [2.05, 4.69) is 5.32 Å². The zero-order valence-corrected chi connectivity index (χ0v) is 12.2. The van der Waals surface area contributed by atoms with Crippen molar-refractivity contribution in [2.45, 2.75) is 4.90 Å². The summed E-state index contributed by atoms with van der Waals surface area (Å²) in [4.78, 5) is 22.8. The van der Waals surface area contributed by atoms with E-state index in [4.69, 9.17) is 4.74 Å². The summed E-state index contributed by atoms with van der Waals surface area (Å²) in [5.41, 5.74) is -0.688. The Morgan fingerprint density at radius 2 is 1.95 bits per heavy atom. The monoisotopic (exact) mass is 322 g/mol. The fraction of sp³-hybridized carbons (Fsp3) is 0.0714. The first-order valence-electron chi connectivity index (χ1n) is 6.06. The molecule has 2 aromatic rings. The van der Waals surface area contributed by atoms with Gasteiger partial charge in [-0.2, -0.15) is 0 Å². The van der Waals surface area contributed by atoms with Crippen LogP contribution in [-0.4, -0.2) is 17.3 Å². The number of thioether (sulfide) groups is 1. The normalized spacial score (nSPS) is 10.1. The number of amides is 1. The fourth-order valence-corrected chi connectivity index (χ4v) is 2.06. The van der Waals surface area contributed by atoms with Crippen molar-refractivity contribution in [1.82, 2.24) is 0 Å². The Labute approximate surface area is 129 Å². The Hall–Kier alpha value is -2.61. The molecule has 114 valence electrons. The highest BCUT2D eigenvalue weighted by atomic mass is 32.2. The van der Waals surface area contributed by atoms with Crippen LogP contribution in [-0.2, 0) is 0 Å². The molecule has 8 heteroatoms. The number of nitrogens with zero attached hydrogens (tertiary/aromatic N) is 1. The lowest BCUT2D eigenvalue weighted by Gasteiger charge is -2.07. The first-order chi connectivity index (χ1) is 10.5. The molecule has 1 amide bonds. The van der Waals surface area contributed by atoms with Gasteiger partial charge in [0.05, 0.1) is 11.0 Å². The molecule has 1 N–H and O–H groups in total. The first-order valence-corrected chi connectivity index (χ1v) is 7.29. The molecule has 6 nitrogen and oxygen atoms in total. The van der Waals surface area contributed by atoms with Gasteiger partial charge in [0.1, 0.15) is 17.3 Å². The zero-order chi connectivity index (χ0) is 16.1. The van der Waals surface area contributed by atoms with E-state index in [1.807, 2.05) is 6.26 Å². The average molecular weight is 322 g/mol. The highest BCUT2D eigenvalue weighted by Crippen LogP contribution is 2.25. The van der Waals surface area contributed by atoms with Crippen LogP contribution in [0.5, 0.6) is 5.75 Å². The van der Waals surface area contributed by atoms with Gasteiger partial charge in [-0.05, 0) is 42.7 Å². The molecule has 0 atom stereocenters. The van der Waals surface area contributed by atoms with E-state index in [1.165, 1.54) is 11.8 Å². The molecule has 0 aliphatic heterocycles. The van der Waals surface area contributed by atoms with Crippen LogP contribution in [0.15, 0.2) is 47.4 Å². The number of hydrogen-bond acceptors (Lipinski definition) is 5. The average Bonchev–Trinajstić information content (AvgIpc) is 2.49. The second kappa shape index (κ2) is 6.90. The molecule has 0 fully saturated rings. The first kappa shape index (κ1) is 15.8. The largest absolute Gasteiger partial charge is 0.417 e. The Bertz CT molecular complexity index is 706. The van der Waals surface area contributed by atoms with Gasteiger partial charge >= 0.3 is 6.09 Å². The van der Waals surface area contributed by atoms with Crippen LogP contribution < -0.4 is 10.1 Å². The quantitative estimate of drug-likeness (QED) is 0.521. The lowest BCUT2D eigenvalue weighted by molar-refractivity contribution is -0.384. The minimum Gasteiger partial charge on any atom is -0.410 e. The minimum atomic E-state index is -0.897. The second-order valence-electron chi connectivity index (χ2n) is 4.11. The lowest BCUT2D eigenvalue weighted by atomic mass is 10.2. The highest BCUT2D eigenvalue weighted by molar-refractivity contribution is 7.98. The number of nitro groups is 1. The summed E-state index contributed by atoms with van der Waals surface area (Å²) >= 11 is 1.54. The van der Waals surface area contributed by atoms with Crippen molar-refractivity contribution >= 4 is 29.2 Å². The van der Waals surface area contributed by atoms with Gasteiger partial charge in [-0.25, -0.2) is 9.18 Å². The third-order valence-corrected chi connectivity index (χ3v) is 3.41. The molecule has 0 saturated carbocycles. The summed E-state index contributed by atoms with van der Waals surface area (Å²) in [7, 11) is 0. The van der Waals surface area contributed by atoms with E-state index in [-0.39, 0.29) is 5.69 Å². The van der Waals surface area contributed by atoms with Crippen molar-refractivity contribution in [3.63, 3.8) is 0 Å². The number of nitro benzene ring substituents is 1. The third kappa shape index (κ3) is 3.95. The van der Waals surface area contributed by atoms with Gasteiger partial charge < -0.3 is 4.74 Å². The number of carbonyl (C=O) groups excluding carboxylic acids is 1. The van der Waals surface area contributed by atoms with E-state index in [0.717, 1.165) is 23.1 Å². The predicted octanol–water partition coefficient (Wildman–Crippen LogP) is 4.07. The fourth-order valence-electron chi connectivity index (χ4n) is 1.65. The number of benzene rings is 2.